The van der Waals surface area contributed by atoms with E-state index in [0.717, 1.165) is 16.9 Å². The van der Waals surface area contributed by atoms with Gasteiger partial charge in [0.25, 0.3) is 0 Å². The number of anilines is 1. The molecule has 3 aromatic rings. The van der Waals surface area contributed by atoms with E-state index in [0.29, 0.717) is 16.9 Å². The van der Waals surface area contributed by atoms with Crippen molar-refractivity contribution < 1.29 is 4.74 Å². The summed E-state index contributed by atoms with van der Waals surface area (Å²) in [6.45, 7) is 8.02. The summed E-state index contributed by atoms with van der Waals surface area (Å²) in [5, 5.41) is 0.106. The van der Waals surface area contributed by atoms with E-state index in [-0.39, 0.29) is 23.3 Å². The van der Waals surface area contributed by atoms with Gasteiger partial charge in [-0.3, -0.25) is 9.55 Å². The third-order valence-electron chi connectivity index (χ3n) is 3.65. The van der Waals surface area contributed by atoms with Crippen LogP contribution >= 0.6 is 11.6 Å². The Morgan fingerprint density at radius 2 is 2.00 bits per heavy atom. The molecule has 3 aromatic heterocycles. The monoisotopic (exact) mass is 364 g/mol. The van der Waals surface area contributed by atoms with Gasteiger partial charge in [0, 0.05) is 17.3 Å². The molecule has 134 valence electrons. The van der Waals surface area contributed by atoms with E-state index in [1.807, 2.05) is 27.7 Å². The minimum absolute atomic E-state index is 0.00131. The quantitative estimate of drug-likeness (QED) is 0.690. The number of aryl methyl sites for hydroxylation is 1. The second-order valence-corrected chi connectivity index (χ2v) is 5.49. The number of H-pyrrole nitrogens is 1. The molecule has 0 aliphatic heterocycles. The van der Waals surface area contributed by atoms with Crippen molar-refractivity contribution in [2.24, 2.45) is 0 Å². The van der Waals surface area contributed by atoms with Crippen LogP contribution < -0.4 is 16.2 Å². The van der Waals surface area contributed by atoms with Crippen LogP contribution in [-0.2, 0) is 6.54 Å². The molecule has 8 nitrogen and oxygen atoms in total. The lowest BCUT2D eigenvalue weighted by atomic mass is 10.1. The summed E-state index contributed by atoms with van der Waals surface area (Å²) >= 11 is 6.00. The number of hydrogen-bond donors (Lipinski definition) is 2. The smallest absolute Gasteiger partial charge is 0.328 e. The van der Waals surface area contributed by atoms with E-state index >= 15 is 0 Å². The van der Waals surface area contributed by atoms with E-state index in [2.05, 4.69) is 19.9 Å². The second kappa shape index (κ2) is 7.52. The molecule has 0 fully saturated rings. The number of pyridine rings is 1. The number of nitrogens with one attached hydrogen (secondary N) is 1. The zero-order valence-electron chi connectivity index (χ0n) is 14.8. The number of rotatable bonds is 3. The van der Waals surface area contributed by atoms with E-state index < -0.39 is 0 Å². The van der Waals surface area contributed by atoms with Crippen molar-refractivity contribution in [3.05, 3.63) is 38.7 Å². The molecule has 0 unspecified atom stereocenters. The first-order chi connectivity index (χ1) is 11.9. The standard InChI is InChI=1S/C14H15ClN6O2.C2H6/c1-6-4-17-8(7(2)10(6)23-3)5-21-12-9(18-14(21)22)11(15)19-13(16)20-12;1-2/h4H,5H2,1-3H3,(H,18,22)(H2,16,19,20);1-2H3. The van der Waals surface area contributed by atoms with Crippen molar-refractivity contribution in [3.63, 3.8) is 0 Å². The lowest BCUT2D eigenvalue weighted by Gasteiger charge is -2.12. The number of fused-ring (bicyclic) bond motifs is 1. The maximum Gasteiger partial charge on any atom is 0.328 e. The Labute approximate surface area is 150 Å². The van der Waals surface area contributed by atoms with E-state index in [1.54, 1.807) is 13.3 Å². The summed E-state index contributed by atoms with van der Waals surface area (Å²) in [4.78, 5) is 27.2. The van der Waals surface area contributed by atoms with Crippen LogP contribution in [0.3, 0.4) is 0 Å². The fourth-order valence-corrected chi connectivity index (χ4v) is 2.76. The summed E-state index contributed by atoms with van der Waals surface area (Å²) in [5.74, 6) is 0.747. The number of aromatic nitrogens is 5. The summed E-state index contributed by atoms with van der Waals surface area (Å²) in [5.41, 5.74) is 8.44. The van der Waals surface area contributed by atoms with Gasteiger partial charge in [-0.1, -0.05) is 25.4 Å². The first-order valence-electron chi connectivity index (χ1n) is 7.83. The summed E-state index contributed by atoms with van der Waals surface area (Å²) in [6.07, 6.45) is 1.71. The van der Waals surface area contributed by atoms with Gasteiger partial charge in [-0.05, 0) is 13.8 Å². The third-order valence-corrected chi connectivity index (χ3v) is 3.93. The van der Waals surface area contributed by atoms with E-state index in [9.17, 15) is 4.79 Å². The normalized spacial score (nSPS) is 10.5. The van der Waals surface area contributed by atoms with Crippen LogP contribution in [0, 0.1) is 13.8 Å². The van der Waals surface area contributed by atoms with Gasteiger partial charge in [-0.15, -0.1) is 0 Å². The lowest BCUT2D eigenvalue weighted by Crippen LogP contribution is -2.19. The summed E-state index contributed by atoms with van der Waals surface area (Å²) < 4.78 is 6.81. The topological polar surface area (TPSA) is 112 Å². The van der Waals surface area contributed by atoms with Crippen molar-refractivity contribution in [3.8, 4) is 5.75 Å². The zero-order valence-corrected chi connectivity index (χ0v) is 15.6. The number of halogens is 1. The summed E-state index contributed by atoms with van der Waals surface area (Å²) in [7, 11) is 1.60. The molecule has 3 heterocycles. The Balaban J connectivity index is 0.00000109. The van der Waals surface area contributed by atoms with Crippen LogP contribution in [0.15, 0.2) is 11.0 Å². The van der Waals surface area contributed by atoms with Crippen LogP contribution in [0.1, 0.15) is 30.7 Å². The number of hydrogen-bond acceptors (Lipinski definition) is 6. The molecule has 0 saturated carbocycles. The third kappa shape index (κ3) is 3.43. The van der Waals surface area contributed by atoms with Crippen molar-refractivity contribution in [1.29, 1.82) is 0 Å². The predicted octanol–water partition coefficient (Wildman–Crippen LogP) is 2.45. The highest BCUT2D eigenvalue weighted by Gasteiger charge is 2.16. The van der Waals surface area contributed by atoms with Crippen LogP contribution in [0.4, 0.5) is 5.95 Å². The predicted molar refractivity (Wildman–Crippen MR) is 98.3 cm³/mol. The van der Waals surface area contributed by atoms with Gasteiger partial charge in [0.05, 0.1) is 19.3 Å². The molecule has 0 aromatic carbocycles. The first kappa shape index (κ1) is 18.7. The number of methoxy groups -OCH3 is 1. The van der Waals surface area contributed by atoms with Gasteiger partial charge in [0.2, 0.25) is 5.95 Å². The highest BCUT2D eigenvalue weighted by molar-refractivity contribution is 6.33. The SMILES string of the molecule is CC.COc1c(C)cnc(Cn2c(=O)[nH]c3c(Cl)nc(N)nc32)c1C. The number of nitrogens with two attached hydrogens (primary N) is 1. The van der Waals surface area contributed by atoms with Crippen molar-refractivity contribution in [2.75, 3.05) is 12.8 Å². The van der Waals surface area contributed by atoms with Crippen LogP contribution in [0.25, 0.3) is 11.2 Å². The van der Waals surface area contributed by atoms with Crippen molar-refractivity contribution in [2.45, 2.75) is 34.2 Å². The van der Waals surface area contributed by atoms with Gasteiger partial charge in [0.1, 0.15) is 11.3 Å². The molecule has 0 bridgehead atoms. The molecule has 3 N–H and O–H groups in total. The molecule has 25 heavy (non-hydrogen) atoms. The summed E-state index contributed by atoms with van der Waals surface area (Å²) in [6, 6.07) is 0. The Hall–Kier alpha value is -2.61. The average Bonchev–Trinajstić information content (AvgIpc) is 2.89. The largest absolute Gasteiger partial charge is 0.496 e. The number of aromatic amines is 1. The maximum atomic E-state index is 12.2. The molecule has 0 aliphatic rings. The number of imidazole rings is 1. The van der Waals surface area contributed by atoms with E-state index in [4.69, 9.17) is 22.1 Å². The molecule has 0 atom stereocenters. The second-order valence-electron chi connectivity index (χ2n) is 5.13. The molecule has 3 rings (SSSR count). The number of ether oxygens (including phenoxy) is 1. The molecule has 0 spiro atoms. The minimum atomic E-state index is -0.359. The number of nitrogens with zero attached hydrogens (tertiary/aromatic N) is 4. The fourth-order valence-electron chi connectivity index (χ4n) is 2.54. The lowest BCUT2D eigenvalue weighted by molar-refractivity contribution is 0.406. The molecular formula is C16H21ClN6O2. The highest BCUT2D eigenvalue weighted by Crippen LogP contribution is 2.25. The average molecular weight is 365 g/mol. The Kier molecular flexibility index (Phi) is 5.63. The fraction of sp³-hybridized carbons (Fsp3) is 0.375. The van der Waals surface area contributed by atoms with Crippen LogP contribution in [-0.4, -0.2) is 31.6 Å². The Bertz CT molecular complexity index is 963. The molecule has 0 amide bonds. The van der Waals surface area contributed by atoms with Crippen molar-refractivity contribution in [1.82, 2.24) is 24.5 Å². The zero-order chi connectivity index (χ0) is 18.7. The van der Waals surface area contributed by atoms with Gasteiger partial charge < -0.3 is 15.5 Å². The van der Waals surface area contributed by atoms with Gasteiger partial charge >= 0.3 is 5.69 Å². The molecular weight excluding hydrogens is 344 g/mol. The van der Waals surface area contributed by atoms with Gasteiger partial charge in [-0.25, -0.2) is 4.79 Å². The first-order valence-corrected chi connectivity index (χ1v) is 8.20. The van der Waals surface area contributed by atoms with Crippen LogP contribution in [0.2, 0.25) is 5.15 Å². The van der Waals surface area contributed by atoms with Gasteiger partial charge in [-0.2, -0.15) is 9.97 Å². The minimum Gasteiger partial charge on any atom is -0.496 e. The van der Waals surface area contributed by atoms with Gasteiger partial charge in [0.15, 0.2) is 10.8 Å². The van der Waals surface area contributed by atoms with Crippen LogP contribution in [0.5, 0.6) is 5.75 Å². The molecule has 0 radical (unpaired) electrons. The highest BCUT2D eigenvalue weighted by atomic mass is 35.5. The Morgan fingerprint density at radius 3 is 2.64 bits per heavy atom. The van der Waals surface area contributed by atoms with Crippen molar-refractivity contribution >= 4 is 28.7 Å². The van der Waals surface area contributed by atoms with E-state index in [1.165, 1.54) is 4.57 Å². The molecule has 0 aliphatic carbocycles. The maximum absolute atomic E-state index is 12.2. The Morgan fingerprint density at radius 1 is 1.32 bits per heavy atom. The number of nitrogen functional groups attached to an aromatic ring is 1. The molecule has 0 saturated heterocycles. The molecule has 9 heteroatoms.